The van der Waals surface area contributed by atoms with Crippen molar-refractivity contribution in [1.29, 1.82) is 0 Å². The Labute approximate surface area is 117 Å². The molecule has 0 spiro atoms. The van der Waals surface area contributed by atoms with Crippen LogP contribution in [0.15, 0.2) is 12.1 Å². The molecule has 1 atom stereocenters. The van der Waals surface area contributed by atoms with E-state index < -0.39 is 11.9 Å². The minimum absolute atomic E-state index is 0.263. The van der Waals surface area contributed by atoms with E-state index in [1.54, 1.807) is 0 Å². The van der Waals surface area contributed by atoms with Crippen LogP contribution in [-0.4, -0.2) is 27.3 Å². The molecule has 1 unspecified atom stereocenters. The number of benzene rings is 1. The second kappa shape index (κ2) is 7.69. The number of hydrogen-bond donors (Lipinski definition) is 1. The van der Waals surface area contributed by atoms with Crippen molar-refractivity contribution in [2.75, 3.05) is 21.3 Å². The largest absolute Gasteiger partial charge is 0.493 e. The topological polar surface area (TPSA) is 70.8 Å². The lowest BCUT2D eigenvalue weighted by atomic mass is 10.0. The Kier molecular flexibility index (Phi) is 6.24. The summed E-state index contributed by atoms with van der Waals surface area (Å²) in [6, 6.07) is 2.25. The molecule has 0 saturated heterocycles. The van der Waals surface area contributed by atoms with Crippen molar-refractivity contribution in [1.82, 2.24) is 0 Å². The highest BCUT2D eigenvalue weighted by atomic mass is 19.1. The maximum atomic E-state index is 13.9. The number of halogens is 1. The van der Waals surface area contributed by atoms with Crippen LogP contribution in [0.2, 0.25) is 0 Å². The number of carbonyl (C=O) groups excluding carboxylic acids is 1. The van der Waals surface area contributed by atoms with Gasteiger partial charge in [0.25, 0.3) is 0 Å². The van der Waals surface area contributed by atoms with E-state index in [9.17, 15) is 9.18 Å². The summed E-state index contributed by atoms with van der Waals surface area (Å²) in [6.07, 6.45) is 1.27. The van der Waals surface area contributed by atoms with Gasteiger partial charge in [-0.2, -0.15) is 0 Å². The quantitative estimate of drug-likeness (QED) is 0.778. The van der Waals surface area contributed by atoms with Crippen LogP contribution in [-0.2, 0) is 9.53 Å². The lowest BCUT2D eigenvalue weighted by molar-refractivity contribution is -0.140. The molecular formula is C14H20FNO4. The molecule has 112 valence electrons. The monoisotopic (exact) mass is 285 g/mol. The summed E-state index contributed by atoms with van der Waals surface area (Å²) >= 11 is 0. The third kappa shape index (κ3) is 4.09. The summed E-state index contributed by atoms with van der Waals surface area (Å²) < 4.78 is 28.6. The summed E-state index contributed by atoms with van der Waals surface area (Å²) in [5.74, 6) is -0.0129. The highest BCUT2D eigenvalue weighted by molar-refractivity contribution is 5.69. The van der Waals surface area contributed by atoms with Gasteiger partial charge >= 0.3 is 5.97 Å². The van der Waals surface area contributed by atoms with E-state index in [0.717, 1.165) is 0 Å². The van der Waals surface area contributed by atoms with Crippen molar-refractivity contribution in [3.05, 3.63) is 23.5 Å². The first kappa shape index (κ1) is 16.2. The summed E-state index contributed by atoms with van der Waals surface area (Å²) in [5, 5.41) is 0. The molecule has 0 bridgehead atoms. The number of nitrogens with two attached hydrogens (primary N) is 1. The number of methoxy groups -OCH3 is 3. The van der Waals surface area contributed by atoms with Gasteiger partial charge in [-0.05, 0) is 18.9 Å². The molecule has 5 nitrogen and oxygen atoms in total. The number of hydrogen-bond acceptors (Lipinski definition) is 5. The van der Waals surface area contributed by atoms with Crippen LogP contribution in [0.4, 0.5) is 4.39 Å². The molecule has 0 aliphatic heterocycles. The predicted molar refractivity (Wildman–Crippen MR) is 72.3 cm³/mol. The van der Waals surface area contributed by atoms with Gasteiger partial charge in [0.05, 0.1) is 21.3 Å². The summed E-state index contributed by atoms with van der Waals surface area (Å²) in [4.78, 5) is 11.0. The van der Waals surface area contributed by atoms with Gasteiger partial charge in [0.2, 0.25) is 0 Å². The van der Waals surface area contributed by atoms with Crippen LogP contribution in [0.3, 0.4) is 0 Å². The molecule has 0 heterocycles. The Hall–Kier alpha value is -1.82. The highest BCUT2D eigenvalue weighted by Crippen LogP contribution is 2.33. The zero-order valence-corrected chi connectivity index (χ0v) is 11.9. The van der Waals surface area contributed by atoms with E-state index in [1.807, 2.05) is 0 Å². The summed E-state index contributed by atoms with van der Waals surface area (Å²) in [5.41, 5.74) is 6.29. The molecule has 2 N–H and O–H groups in total. The fourth-order valence-corrected chi connectivity index (χ4v) is 1.88. The van der Waals surface area contributed by atoms with Gasteiger partial charge in [-0.15, -0.1) is 0 Å². The van der Waals surface area contributed by atoms with Crippen molar-refractivity contribution < 1.29 is 23.4 Å². The van der Waals surface area contributed by atoms with Crippen molar-refractivity contribution in [2.24, 2.45) is 5.73 Å². The van der Waals surface area contributed by atoms with Crippen LogP contribution in [0.5, 0.6) is 11.5 Å². The van der Waals surface area contributed by atoms with Gasteiger partial charge in [-0.25, -0.2) is 4.39 Å². The van der Waals surface area contributed by atoms with Gasteiger partial charge in [0.1, 0.15) is 5.82 Å². The van der Waals surface area contributed by atoms with E-state index in [2.05, 4.69) is 4.74 Å². The second-order valence-electron chi connectivity index (χ2n) is 4.30. The lowest BCUT2D eigenvalue weighted by Gasteiger charge is -2.16. The normalized spacial score (nSPS) is 11.8. The van der Waals surface area contributed by atoms with Crippen LogP contribution in [0.1, 0.15) is 30.9 Å². The third-order valence-electron chi connectivity index (χ3n) is 3.03. The van der Waals surface area contributed by atoms with Crippen LogP contribution in [0, 0.1) is 5.82 Å². The van der Waals surface area contributed by atoms with E-state index in [-0.39, 0.29) is 12.4 Å². The van der Waals surface area contributed by atoms with Crippen molar-refractivity contribution in [2.45, 2.75) is 25.3 Å². The van der Waals surface area contributed by atoms with Crippen molar-refractivity contribution in [3.8, 4) is 11.5 Å². The Morgan fingerprint density at radius 3 is 2.40 bits per heavy atom. The van der Waals surface area contributed by atoms with E-state index >= 15 is 0 Å². The number of rotatable bonds is 7. The van der Waals surface area contributed by atoms with Crippen LogP contribution < -0.4 is 15.2 Å². The third-order valence-corrected chi connectivity index (χ3v) is 3.03. The number of ether oxygens (including phenoxy) is 3. The molecule has 6 heteroatoms. The molecule has 0 amide bonds. The molecule has 1 aromatic carbocycles. The van der Waals surface area contributed by atoms with Crippen molar-refractivity contribution >= 4 is 5.97 Å². The first-order chi connectivity index (χ1) is 9.53. The molecule has 0 aliphatic rings. The average molecular weight is 285 g/mol. The summed E-state index contributed by atoms with van der Waals surface area (Å²) in [7, 11) is 4.24. The Bertz CT molecular complexity index is 465. The molecule has 0 saturated carbocycles. The summed E-state index contributed by atoms with van der Waals surface area (Å²) in [6.45, 7) is 0. The first-order valence-electron chi connectivity index (χ1n) is 6.27. The van der Waals surface area contributed by atoms with Gasteiger partial charge in [-0.3, -0.25) is 4.79 Å². The lowest BCUT2D eigenvalue weighted by Crippen LogP contribution is -2.13. The Morgan fingerprint density at radius 2 is 1.85 bits per heavy atom. The number of carbonyl (C=O) groups is 1. The van der Waals surface area contributed by atoms with Crippen LogP contribution in [0.25, 0.3) is 0 Å². The minimum atomic E-state index is -0.514. The predicted octanol–water partition coefficient (Wildman–Crippen LogP) is 2.19. The van der Waals surface area contributed by atoms with Gasteiger partial charge in [0.15, 0.2) is 11.5 Å². The smallest absolute Gasteiger partial charge is 0.305 e. The molecular weight excluding hydrogens is 265 g/mol. The zero-order chi connectivity index (χ0) is 15.1. The second-order valence-corrected chi connectivity index (χ2v) is 4.30. The molecule has 1 aromatic rings. The zero-order valence-electron chi connectivity index (χ0n) is 11.9. The minimum Gasteiger partial charge on any atom is -0.493 e. The molecule has 0 fully saturated rings. The Morgan fingerprint density at radius 1 is 1.25 bits per heavy atom. The van der Waals surface area contributed by atoms with Crippen LogP contribution >= 0.6 is 0 Å². The first-order valence-corrected chi connectivity index (χ1v) is 6.27. The van der Waals surface area contributed by atoms with Crippen molar-refractivity contribution in [3.63, 3.8) is 0 Å². The van der Waals surface area contributed by atoms with E-state index in [4.69, 9.17) is 15.2 Å². The Balaban J connectivity index is 2.77. The van der Waals surface area contributed by atoms with Gasteiger partial charge in [0, 0.05) is 24.1 Å². The molecule has 0 radical (unpaired) electrons. The SMILES string of the molecule is COC(=O)CCCC(N)c1cc(OC)c(OC)cc1F. The maximum Gasteiger partial charge on any atom is 0.305 e. The average Bonchev–Trinajstić information content (AvgIpc) is 2.46. The molecule has 20 heavy (non-hydrogen) atoms. The van der Waals surface area contributed by atoms with Gasteiger partial charge in [-0.1, -0.05) is 0 Å². The highest BCUT2D eigenvalue weighted by Gasteiger charge is 2.16. The number of esters is 1. The van der Waals surface area contributed by atoms with Gasteiger partial charge < -0.3 is 19.9 Å². The molecule has 0 aliphatic carbocycles. The van der Waals surface area contributed by atoms with E-state index in [1.165, 1.54) is 33.5 Å². The maximum absolute atomic E-state index is 13.9. The fraction of sp³-hybridized carbons (Fsp3) is 0.500. The standard InChI is InChI=1S/C14H20FNO4/c1-18-12-7-9(10(15)8-13(12)19-2)11(16)5-4-6-14(17)20-3/h7-8,11H,4-6,16H2,1-3H3. The van der Waals surface area contributed by atoms with E-state index in [0.29, 0.717) is 29.9 Å². The molecule has 1 rings (SSSR count). The molecule has 0 aromatic heterocycles. The fourth-order valence-electron chi connectivity index (χ4n) is 1.88.